The van der Waals surface area contributed by atoms with Crippen molar-refractivity contribution in [1.29, 1.82) is 0 Å². The molecule has 0 aromatic carbocycles. The number of rotatable bonds is 2. The molecule has 0 unspecified atom stereocenters. The Morgan fingerprint density at radius 2 is 1.50 bits per heavy atom. The van der Waals surface area contributed by atoms with E-state index in [-0.39, 0.29) is 5.78 Å². The van der Waals surface area contributed by atoms with Crippen molar-refractivity contribution in [1.82, 2.24) is 0 Å². The standard InChI is InChI=1S/C4H6O.C3H4O2/c1-3-4(2)5;1-2-3(4)5/h3H,1H2,2H3;2H,1H2,(H,4,5). The van der Waals surface area contributed by atoms with E-state index in [1.54, 1.807) is 0 Å². The molecule has 0 amide bonds. The Hall–Kier alpha value is -1.38. The minimum absolute atomic E-state index is 0.0185. The maximum absolute atomic E-state index is 9.69. The van der Waals surface area contributed by atoms with E-state index < -0.39 is 5.97 Å². The van der Waals surface area contributed by atoms with Crippen molar-refractivity contribution >= 4 is 11.8 Å². The summed E-state index contributed by atoms with van der Waals surface area (Å²) in [5.41, 5.74) is 0. The van der Waals surface area contributed by atoms with Gasteiger partial charge in [-0.3, -0.25) is 4.79 Å². The van der Waals surface area contributed by atoms with Crippen LogP contribution < -0.4 is 0 Å². The molecule has 0 spiro atoms. The lowest BCUT2D eigenvalue weighted by atomic mass is 10.5. The Bertz CT molecular complexity index is 129. The number of ketones is 1. The number of hydrogen-bond acceptors (Lipinski definition) is 2. The molecule has 0 aromatic rings. The number of carboxylic acids is 1. The van der Waals surface area contributed by atoms with Gasteiger partial charge in [-0.05, 0) is 13.0 Å². The quantitative estimate of drug-likeness (QED) is 0.585. The summed E-state index contributed by atoms with van der Waals surface area (Å²) in [6.07, 6.45) is 2.11. The topological polar surface area (TPSA) is 54.4 Å². The third-order valence-electron chi connectivity index (χ3n) is 0.462. The number of carbonyl (C=O) groups is 2. The number of hydrogen-bond donors (Lipinski definition) is 1. The maximum Gasteiger partial charge on any atom is 0.327 e. The van der Waals surface area contributed by atoms with Gasteiger partial charge in [-0.25, -0.2) is 4.79 Å². The van der Waals surface area contributed by atoms with Crippen LogP contribution in [0.5, 0.6) is 0 Å². The summed E-state index contributed by atoms with van der Waals surface area (Å²) in [6, 6.07) is 0. The average Bonchev–Trinajstić information content (AvgIpc) is 1.89. The lowest BCUT2D eigenvalue weighted by Crippen LogP contribution is -1.82. The lowest BCUT2D eigenvalue weighted by Gasteiger charge is -1.64. The highest BCUT2D eigenvalue weighted by Crippen LogP contribution is 1.60. The van der Waals surface area contributed by atoms with Crippen LogP contribution in [-0.2, 0) is 9.59 Å². The number of aliphatic carboxylic acids is 1. The molecule has 0 atom stereocenters. The summed E-state index contributed by atoms with van der Waals surface area (Å²) in [5, 5.41) is 7.60. The Morgan fingerprint density at radius 3 is 1.50 bits per heavy atom. The highest BCUT2D eigenvalue weighted by atomic mass is 16.4. The van der Waals surface area contributed by atoms with Gasteiger partial charge in [0.15, 0.2) is 5.78 Å². The van der Waals surface area contributed by atoms with E-state index in [1.165, 1.54) is 13.0 Å². The van der Waals surface area contributed by atoms with Crippen molar-refractivity contribution in [3.05, 3.63) is 25.3 Å². The Balaban J connectivity index is 0. The van der Waals surface area contributed by atoms with E-state index in [2.05, 4.69) is 13.2 Å². The molecule has 0 saturated heterocycles. The smallest absolute Gasteiger partial charge is 0.327 e. The molecule has 1 N–H and O–H groups in total. The van der Waals surface area contributed by atoms with Crippen LogP contribution in [0.4, 0.5) is 0 Å². The van der Waals surface area contributed by atoms with Gasteiger partial charge in [0.2, 0.25) is 0 Å². The fourth-order valence-electron chi connectivity index (χ4n) is 0. The lowest BCUT2D eigenvalue weighted by molar-refractivity contribution is -0.131. The van der Waals surface area contributed by atoms with Crippen molar-refractivity contribution in [3.8, 4) is 0 Å². The minimum Gasteiger partial charge on any atom is -0.478 e. The molecule has 0 aliphatic carbocycles. The SMILES string of the molecule is C=CC(=O)O.C=CC(C)=O. The van der Waals surface area contributed by atoms with Crippen LogP contribution >= 0.6 is 0 Å². The monoisotopic (exact) mass is 142 g/mol. The molecule has 56 valence electrons. The van der Waals surface area contributed by atoms with E-state index >= 15 is 0 Å². The molecule has 0 bridgehead atoms. The minimum atomic E-state index is -0.981. The van der Waals surface area contributed by atoms with Crippen molar-refractivity contribution in [2.24, 2.45) is 0 Å². The summed E-state index contributed by atoms with van der Waals surface area (Å²) in [6.45, 7) is 7.64. The van der Waals surface area contributed by atoms with E-state index in [4.69, 9.17) is 5.11 Å². The van der Waals surface area contributed by atoms with Gasteiger partial charge >= 0.3 is 5.97 Å². The van der Waals surface area contributed by atoms with Gasteiger partial charge in [-0.2, -0.15) is 0 Å². The molecule has 0 aliphatic rings. The molecule has 0 heterocycles. The van der Waals surface area contributed by atoms with E-state index in [9.17, 15) is 9.59 Å². The van der Waals surface area contributed by atoms with Gasteiger partial charge < -0.3 is 5.11 Å². The van der Waals surface area contributed by atoms with Gasteiger partial charge in [0.1, 0.15) is 0 Å². The van der Waals surface area contributed by atoms with Crippen LogP contribution in [-0.4, -0.2) is 16.9 Å². The molecule has 0 radical (unpaired) electrons. The highest BCUT2D eigenvalue weighted by molar-refractivity contribution is 5.86. The molecule has 0 saturated carbocycles. The fraction of sp³-hybridized carbons (Fsp3) is 0.143. The van der Waals surface area contributed by atoms with Crippen molar-refractivity contribution < 1.29 is 14.7 Å². The molecular formula is C7H10O3. The number of carboxylic acid groups (broad SMARTS) is 1. The van der Waals surface area contributed by atoms with Gasteiger partial charge in [0.05, 0.1) is 0 Å². The average molecular weight is 142 g/mol. The zero-order chi connectivity index (χ0) is 8.57. The third-order valence-corrected chi connectivity index (χ3v) is 0.462. The van der Waals surface area contributed by atoms with Crippen molar-refractivity contribution in [3.63, 3.8) is 0 Å². The summed E-state index contributed by atoms with van der Waals surface area (Å²) in [7, 11) is 0. The molecular weight excluding hydrogens is 132 g/mol. The van der Waals surface area contributed by atoms with Crippen molar-refractivity contribution in [2.45, 2.75) is 6.92 Å². The van der Waals surface area contributed by atoms with Crippen LogP contribution in [0.15, 0.2) is 25.3 Å². The third kappa shape index (κ3) is 30.5. The Labute approximate surface area is 59.7 Å². The molecule has 0 aliphatic heterocycles. The molecule has 3 nitrogen and oxygen atoms in total. The predicted molar refractivity (Wildman–Crippen MR) is 38.7 cm³/mol. The van der Waals surface area contributed by atoms with Gasteiger partial charge in [0.25, 0.3) is 0 Å². The maximum atomic E-state index is 9.69. The fourth-order valence-corrected chi connectivity index (χ4v) is 0. The second-order valence-corrected chi connectivity index (χ2v) is 1.36. The van der Waals surface area contributed by atoms with Crippen LogP contribution in [0.25, 0.3) is 0 Å². The second-order valence-electron chi connectivity index (χ2n) is 1.36. The summed E-state index contributed by atoms with van der Waals surface area (Å²) < 4.78 is 0. The van der Waals surface area contributed by atoms with E-state index in [0.717, 1.165) is 6.08 Å². The van der Waals surface area contributed by atoms with Gasteiger partial charge in [-0.15, -0.1) is 0 Å². The normalized spacial score (nSPS) is 6.50. The predicted octanol–water partition coefficient (Wildman–Crippen LogP) is 1.02. The Kier molecular flexibility index (Phi) is 8.70. The molecule has 0 fully saturated rings. The van der Waals surface area contributed by atoms with Gasteiger partial charge in [-0.1, -0.05) is 13.2 Å². The largest absolute Gasteiger partial charge is 0.478 e. The first-order chi connectivity index (χ1) is 4.54. The molecule has 0 rings (SSSR count). The first-order valence-corrected chi connectivity index (χ1v) is 2.53. The second kappa shape index (κ2) is 7.62. The van der Waals surface area contributed by atoms with Crippen LogP contribution in [0.2, 0.25) is 0 Å². The van der Waals surface area contributed by atoms with Crippen LogP contribution in [0.1, 0.15) is 6.92 Å². The zero-order valence-corrected chi connectivity index (χ0v) is 5.83. The summed E-state index contributed by atoms with van der Waals surface area (Å²) in [5.74, 6) is -0.963. The summed E-state index contributed by atoms with van der Waals surface area (Å²) in [4.78, 5) is 18.9. The van der Waals surface area contributed by atoms with Gasteiger partial charge in [0, 0.05) is 6.08 Å². The van der Waals surface area contributed by atoms with E-state index in [1.807, 2.05) is 0 Å². The first-order valence-electron chi connectivity index (χ1n) is 2.53. The Morgan fingerprint density at radius 1 is 1.30 bits per heavy atom. The van der Waals surface area contributed by atoms with Crippen LogP contribution in [0, 0.1) is 0 Å². The first kappa shape index (κ1) is 11.4. The molecule has 3 heteroatoms. The van der Waals surface area contributed by atoms with Crippen LogP contribution in [0.3, 0.4) is 0 Å². The number of allylic oxidation sites excluding steroid dienone is 1. The summed E-state index contributed by atoms with van der Waals surface area (Å²) >= 11 is 0. The molecule has 0 aromatic heterocycles. The zero-order valence-electron chi connectivity index (χ0n) is 5.83. The molecule has 10 heavy (non-hydrogen) atoms. The van der Waals surface area contributed by atoms with Crippen molar-refractivity contribution in [2.75, 3.05) is 0 Å². The number of carbonyl (C=O) groups excluding carboxylic acids is 1. The highest BCUT2D eigenvalue weighted by Gasteiger charge is 1.73. The van der Waals surface area contributed by atoms with E-state index in [0.29, 0.717) is 0 Å².